The molecular formula is C26H29NO4S. The molecule has 0 saturated carbocycles. The maximum atomic E-state index is 13.2. The molecule has 3 aromatic rings. The highest BCUT2D eigenvalue weighted by molar-refractivity contribution is 7.92. The number of ether oxygens (including phenoxy) is 1. The van der Waals surface area contributed by atoms with Gasteiger partial charge in [-0.05, 0) is 69.5 Å². The fraction of sp³-hybridized carbons (Fsp3) is 0.269. The lowest BCUT2D eigenvalue weighted by Gasteiger charge is -2.29. The average Bonchev–Trinajstić information content (AvgIpc) is 2.69. The second kappa shape index (κ2) is 8.79. The molecule has 5 nitrogen and oxygen atoms in total. The van der Waals surface area contributed by atoms with Crippen molar-refractivity contribution in [3.05, 3.63) is 83.4 Å². The number of benzene rings is 3. The van der Waals surface area contributed by atoms with Crippen LogP contribution in [0.5, 0.6) is 0 Å². The number of carbonyl (C=O) groups is 1. The lowest BCUT2D eigenvalue weighted by Crippen LogP contribution is -2.29. The first-order chi connectivity index (χ1) is 14.9. The van der Waals surface area contributed by atoms with Gasteiger partial charge < -0.3 is 4.74 Å². The van der Waals surface area contributed by atoms with Crippen molar-refractivity contribution in [1.29, 1.82) is 0 Å². The fourth-order valence-corrected chi connectivity index (χ4v) is 4.60. The van der Waals surface area contributed by atoms with E-state index in [0.717, 1.165) is 22.9 Å². The molecule has 0 saturated heterocycles. The van der Waals surface area contributed by atoms with E-state index in [1.807, 2.05) is 44.2 Å². The Morgan fingerprint density at radius 2 is 1.44 bits per heavy atom. The van der Waals surface area contributed by atoms with Crippen LogP contribution in [0.1, 0.15) is 42.3 Å². The minimum absolute atomic E-state index is 0.188. The van der Waals surface area contributed by atoms with Gasteiger partial charge in [0, 0.05) is 5.56 Å². The molecule has 0 bridgehead atoms. The van der Waals surface area contributed by atoms with Crippen molar-refractivity contribution >= 4 is 27.4 Å². The highest BCUT2D eigenvalue weighted by atomic mass is 32.2. The van der Waals surface area contributed by atoms with Crippen LogP contribution in [0.3, 0.4) is 0 Å². The number of sulfonamides is 1. The van der Waals surface area contributed by atoms with E-state index in [9.17, 15) is 13.2 Å². The molecule has 0 aromatic heterocycles. The summed E-state index contributed by atoms with van der Waals surface area (Å²) >= 11 is 0. The summed E-state index contributed by atoms with van der Waals surface area (Å²) in [5.41, 5.74) is 3.76. The summed E-state index contributed by atoms with van der Waals surface area (Å²) in [7, 11) is -3.80. The van der Waals surface area contributed by atoms with Crippen molar-refractivity contribution in [2.75, 3.05) is 10.6 Å². The summed E-state index contributed by atoms with van der Waals surface area (Å²) in [6.45, 7) is 9.34. The normalized spacial score (nSPS) is 11.8. The molecule has 0 atom stereocenters. The van der Waals surface area contributed by atoms with Crippen LogP contribution in [-0.2, 0) is 14.8 Å². The largest absolute Gasteiger partial charge is 0.456 e. The van der Waals surface area contributed by atoms with Gasteiger partial charge in [0.1, 0.15) is 5.60 Å². The molecule has 3 rings (SSSR count). The molecule has 0 unspecified atom stereocenters. The average molecular weight is 452 g/mol. The van der Waals surface area contributed by atoms with Gasteiger partial charge in [-0.1, -0.05) is 48.5 Å². The van der Waals surface area contributed by atoms with Gasteiger partial charge in [0.25, 0.3) is 0 Å². The topological polar surface area (TPSA) is 63.7 Å². The van der Waals surface area contributed by atoms with Crippen LogP contribution in [-0.4, -0.2) is 26.2 Å². The number of anilines is 2. The summed E-state index contributed by atoms with van der Waals surface area (Å²) in [5.74, 6) is -0.579. The summed E-state index contributed by atoms with van der Waals surface area (Å²) < 4.78 is 33.1. The van der Waals surface area contributed by atoms with Gasteiger partial charge in [-0.15, -0.1) is 0 Å². The SMILES string of the molecule is Cc1cccc(-c2cccc(C(=O)OC(C)(C)C)c2N(c2ccccc2)S(C)(=O)=O)c1C. The predicted molar refractivity (Wildman–Crippen MR) is 130 cm³/mol. The number of esters is 1. The molecule has 3 aromatic carbocycles. The van der Waals surface area contributed by atoms with Crippen LogP contribution < -0.4 is 4.31 Å². The molecule has 0 spiro atoms. The van der Waals surface area contributed by atoms with Gasteiger partial charge in [0.15, 0.2) is 0 Å². The molecule has 0 heterocycles. The zero-order valence-electron chi connectivity index (χ0n) is 19.3. The smallest absolute Gasteiger partial charge is 0.340 e. The lowest BCUT2D eigenvalue weighted by molar-refractivity contribution is 0.00706. The van der Waals surface area contributed by atoms with E-state index in [2.05, 4.69) is 0 Å². The molecular weight excluding hydrogens is 422 g/mol. The summed E-state index contributed by atoms with van der Waals surface area (Å²) in [6, 6.07) is 19.8. The first kappa shape index (κ1) is 23.5. The Labute approximate surface area is 190 Å². The fourth-order valence-electron chi connectivity index (χ4n) is 3.57. The molecule has 0 aliphatic rings. The Hall–Kier alpha value is -3.12. The zero-order valence-corrected chi connectivity index (χ0v) is 20.2. The summed E-state index contributed by atoms with van der Waals surface area (Å²) in [6.07, 6.45) is 1.14. The minimum atomic E-state index is -3.80. The molecule has 168 valence electrons. The molecule has 0 radical (unpaired) electrons. The van der Waals surface area contributed by atoms with E-state index in [1.165, 1.54) is 4.31 Å². The number of hydrogen-bond acceptors (Lipinski definition) is 4. The van der Waals surface area contributed by atoms with Gasteiger partial charge in [0.2, 0.25) is 10.0 Å². The van der Waals surface area contributed by atoms with Crippen LogP contribution in [0.15, 0.2) is 66.7 Å². The maximum Gasteiger partial charge on any atom is 0.340 e. The number of carbonyl (C=O) groups excluding carboxylic acids is 1. The van der Waals surface area contributed by atoms with E-state index >= 15 is 0 Å². The molecule has 0 fully saturated rings. The summed E-state index contributed by atoms with van der Waals surface area (Å²) in [4.78, 5) is 13.2. The zero-order chi connectivity index (χ0) is 23.7. The second-order valence-electron chi connectivity index (χ2n) is 8.81. The van der Waals surface area contributed by atoms with E-state index in [0.29, 0.717) is 11.3 Å². The Morgan fingerprint density at radius 1 is 0.844 bits per heavy atom. The van der Waals surface area contributed by atoms with Crippen LogP contribution in [0.4, 0.5) is 11.4 Å². The third kappa shape index (κ3) is 5.02. The first-order valence-electron chi connectivity index (χ1n) is 10.4. The van der Waals surface area contributed by atoms with E-state index < -0.39 is 21.6 Å². The van der Waals surface area contributed by atoms with Crippen molar-refractivity contribution in [2.24, 2.45) is 0 Å². The van der Waals surface area contributed by atoms with Gasteiger partial charge in [-0.2, -0.15) is 0 Å². The quantitative estimate of drug-likeness (QED) is 0.445. The van der Waals surface area contributed by atoms with Crippen molar-refractivity contribution in [3.63, 3.8) is 0 Å². The molecule has 0 aliphatic heterocycles. The third-order valence-electron chi connectivity index (χ3n) is 5.08. The molecule has 0 amide bonds. The van der Waals surface area contributed by atoms with Crippen LogP contribution in [0.25, 0.3) is 11.1 Å². The number of para-hydroxylation sites is 2. The Kier molecular flexibility index (Phi) is 6.46. The van der Waals surface area contributed by atoms with E-state index in [-0.39, 0.29) is 11.3 Å². The van der Waals surface area contributed by atoms with Crippen LogP contribution in [0, 0.1) is 13.8 Å². The first-order valence-corrected chi connectivity index (χ1v) is 12.2. The molecule has 0 aliphatic carbocycles. The lowest BCUT2D eigenvalue weighted by atomic mass is 9.93. The Bertz CT molecular complexity index is 1240. The van der Waals surface area contributed by atoms with E-state index in [4.69, 9.17) is 4.74 Å². The van der Waals surface area contributed by atoms with Crippen molar-refractivity contribution in [3.8, 4) is 11.1 Å². The number of nitrogens with zero attached hydrogens (tertiary/aromatic N) is 1. The Balaban J connectivity index is 2.41. The molecule has 32 heavy (non-hydrogen) atoms. The van der Waals surface area contributed by atoms with Gasteiger partial charge in [0.05, 0.1) is 23.2 Å². The minimum Gasteiger partial charge on any atom is -0.456 e. The Morgan fingerprint density at radius 3 is 2.03 bits per heavy atom. The van der Waals surface area contributed by atoms with Crippen molar-refractivity contribution in [1.82, 2.24) is 0 Å². The highest BCUT2D eigenvalue weighted by Crippen LogP contribution is 2.41. The maximum absolute atomic E-state index is 13.2. The standard InChI is InChI=1S/C26H29NO4S/c1-18-12-10-15-21(19(18)2)22-16-11-17-23(25(28)31-26(3,4)5)24(22)27(32(6,29)30)20-13-8-7-9-14-20/h7-17H,1-6H3. The van der Waals surface area contributed by atoms with Crippen molar-refractivity contribution < 1.29 is 17.9 Å². The highest BCUT2D eigenvalue weighted by Gasteiger charge is 2.30. The number of rotatable bonds is 5. The monoisotopic (exact) mass is 451 g/mol. The van der Waals surface area contributed by atoms with Crippen molar-refractivity contribution in [2.45, 2.75) is 40.2 Å². The van der Waals surface area contributed by atoms with Gasteiger partial charge >= 0.3 is 5.97 Å². The summed E-state index contributed by atoms with van der Waals surface area (Å²) in [5, 5.41) is 0. The second-order valence-corrected chi connectivity index (χ2v) is 10.6. The van der Waals surface area contributed by atoms with E-state index in [1.54, 1.807) is 57.2 Å². The third-order valence-corrected chi connectivity index (χ3v) is 6.13. The molecule has 6 heteroatoms. The van der Waals surface area contributed by atoms with Gasteiger partial charge in [-0.3, -0.25) is 0 Å². The number of hydrogen-bond donors (Lipinski definition) is 0. The number of aryl methyl sites for hydroxylation is 1. The van der Waals surface area contributed by atoms with Crippen LogP contribution >= 0.6 is 0 Å². The van der Waals surface area contributed by atoms with Gasteiger partial charge in [-0.25, -0.2) is 17.5 Å². The molecule has 0 N–H and O–H groups in total. The predicted octanol–water partition coefficient (Wildman–Crippen LogP) is 6.02. The van der Waals surface area contributed by atoms with Crippen LogP contribution in [0.2, 0.25) is 0 Å².